The van der Waals surface area contributed by atoms with Crippen molar-refractivity contribution in [3.63, 3.8) is 0 Å². The fourth-order valence-corrected chi connectivity index (χ4v) is 4.86. The number of aromatic hydroxyl groups is 1. The van der Waals surface area contributed by atoms with Crippen molar-refractivity contribution >= 4 is 6.47 Å². The van der Waals surface area contributed by atoms with Crippen LogP contribution < -0.4 is 5.56 Å². The first kappa shape index (κ1) is 22.0. The fourth-order valence-electron chi connectivity index (χ4n) is 4.86. The summed E-state index contributed by atoms with van der Waals surface area (Å²) >= 11 is 0. The molecule has 0 amide bonds. The molecule has 2 aromatic rings. The number of piperidine rings is 1. The minimum absolute atomic E-state index is 0.0686. The molecule has 2 aliphatic rings. The van der Waals surface area contributed by atoms with Crippen LogP contribution in [0.2, 0.25) is 0 Å². The quantitative estimate of drug-likeness (QED) is 0.666. The predicted molar refractivity (Wildman–Crippen MR) is 115 cm³/mol. The summed E-state index contributed by atoms with van der Waals surface area (Å²) in [6.45, 7) is 6.09. The largest absolute Gasteiger partial charge is 0.508 e. The number of benzene rings is 1. The molecule has 1 aliphatic heterocycles. The fraction of sp³-hybridized carbons (Fsp3) is 0.522. The van der Waals surface area contributed by atoms with E-state index in [-0.39, 0.29) is 17.4 Å². The molecular weight excluding hydrogens is 382 g/mol. The molecule has 2 heterocycles. The van der Waals surface area contributed by atoms with E-state index in [2.05, 4.69) is 16.8 Å². The number of likely N-dealkylation sites (tertiary alicyclic amines) is 1. The van der Waals surface area contributed by atoms with Crippen LogP contribution in [-0.4, -0.2) is 50.7 Å². The van der Waals surface area contributed by atoms with Crippen LogP contribution in [0.15, 0.2) is 29.1 Å². The number of carboxylic acid groups (broad SMARTS) is 1. The molecule has 0 saturated carbocycles. The van der Waals surface area contributed by atoms with Crippen LogP contribution in [0.25, 0.3) is 0 Å². The van der Waals surface area contributed by atoms with Gasteiger partial charge in [-0.3, -0.25) is 9.59 Å². The van der Waals surface area contributed by atoms with E-state index in [9.17, 15) is 9.90 Å². The molecule has 1 spiro atoms. The minimum atomic E-state index is -0.250. The monoisotopic (exact) mass is 413 g/mol. The van der Waals surface area contributed by atoms with Crippen LogP contribution in [0.4, 0.5) is 0 Å². The second-order valence-corrected chi connectivity index (χ2v) is 8.45. The maximum Gasteiger partial charge on any atom is 0.290 e. The molecule has 4 rings (SSSR count). The van der Waals surface area contributed by atoms with E-state index in [1.165, 1.54) is 5.56 Å². The van der Waals surface area contributed by atoms with Crippen molar-refractivity contribution in [3.05, 3.63) is 57.3 Å². The Balaban J connectivity index is 0.000000806. The van der Waals surface area contributed by atoms with Crippen LogP contribution in [0.3, 0.4) is 0 Å². The number of hydrogen-bond donors (Lipinski definition) is 3. The Morgan fingerprint density at radius 1 is 1.23 bits per heavy atom. The van der Waals surface area contributed by atoms with Crippen molar-refractivity contribution < 1.29 is 15.0 Å². The maximum absolute atomic E-state index is 12.2. The van der Waals surface area contributed by atoms with Crippen LogP contribution in [0.1, 0.15) is 55.3 Å². The zero-order valence-corrected chi connectivity index (χ0v) is 17.7. The van der Waals surface area contributed by atoms with Gasteiger partial charge in [-0.15, -0.1) is 0 Å². The normalized spacial score (nSPS) is 18.3. The highest BCUT2D eigenvalue weighted by Crippen LogP contribution is 2.44. The van der Waals surface area contributed by atoms with Gasteiger partial charge >= 0.3 is 0 Å². The third kappa shape index (κ3) is 4.73. The minimum Gasteiger partial charge on any atom is -0.508 e. The molecule has 1 aromatic heterocycles. The Hall–Kier alpha value is -2.67. The Morgan fingerprint density at radius 3 is 2.50 bits per heavy atom. The number of phenolic OH excluding ortho intramolecular Hbond substituents is 1. The molecule has 1 fully saturated rings. The lowest BCUT2D eigenvalue weighted by atomic mass is 9.75. The maximum atomic E-state index is 12.2. The second-order valence-electron chi connectivity index (χ2n) is 8.45. The Labute approximate surface area is 176 Å². The highest BCUT2D eigenvalue weighted by atomic mass is 16.3. The highest BCUT2D eigenvalue weighted by molar-refractivity contribution is 5.33. The van der Waals surface area contributed by atoms with Crippen molar-refractivity contribution in [3.8, 4) is 5.75 Å². The first-order valence-electron chi connectivity index (χ1n) is 10.6. The van der Waals surface area contributed by atoms with Gasteiger partial charge in [0.1, 0.15) is 11.6 Å². The van der Waals surface area contributed by atoms with Gasteiger partial charge < -0.3 is 20.1 Å². The zero-order valence-electron chi connectivity index (χ0n) is 17.7. The van der Waals surface area contributed by atoms with Gasteiger partial charge in [-0.25, -0.2) is 4.98 Å². The van der Waals surface area contributed by atoms with E-state index in [0.29, 0.717) is 11.8 Å². The zero-order chi connectivity index (χ0) is 21.7. The molecule has 0 radical (unpaired) electrons. The summed E-state index contributed by atoms with van der Waals surface area (Å²) in [5, 5.41) is 16.3. The SMILES string of the molecule is Cc1nc2c(c(=O)[nH]1)CCC21CCN(C(C)CCc2ccc(O)cc2)CC1.O=CO. The number of aromatic amines is 1. The van der Waals surface area contributed by atoms with E-state index in [1.807, 2.05) is 19.1 Å². The number of aryl methyl sites for hydroxylation is 2. The van der Waals surface area contributed by atoms with E-state index in [4.69, 9.17) is 14.9 Å². The summed E-state index contributed by atoms with van der Waals surface area (Å²) < 4.78 is 0. The van der Waals surface area contributed by atoms with Crippen molar-refractivity contribution in [1.82, 2.24) is 14.9 Å². The van der Waals surface area contributed by atoms with E-state index < -0.39 is 0 Å². The number of H-pyrrole nitrogens is 1. The first-order valence-corrected chi connectivity index (χ1v) is 10.6. The topological polar surface area (TPSA) is 107 Å². The van der Waals surface area contributed by atoms with Crippen molar-refractivity contribution in [2.75, 3.05) is 13.1 Å². The van der Waals surface area contributed by atoms with Gasteiger partial charge in [0.15, 0.2) is 0 Å². The van der Waals surface area contributed by atoms with Crippen molar-refractivity contribution in [2.45, 2.75) is 63.8 Å². The van der Waals surface area contributed by atoms with Gasteiger partial charge in [0.05, 0.1) is 5.69 Å². The molecule has 1 atom stereocenters. The van der Waals surface area contributed by atoms with E-state index in [1.54, 1.807) is 12.1 Å². The second kappa shape index (κ2) is 9.43. The first-order chi connectivity index (χ1) is 14.4. The van der Waals surface area contributed by atoms with Gasteiger partial charge in [0.2, 0.25) is 0 Å². The number of fused-ring (bicyclic) bond motifs is 2. The molecule has 162 valence electrons. The molecule has 1 saturated heterocycles. The Kier molecular flexibility index (Phi) is 6.92. The van der Waals surface area contributed by atoms with Crippen LogP contribution in [0.5, 0.6) is 5.75 Å². The lowest BCUT2D eigenvalue weighted by molar-refractivity contribution is -0.122. The molecule has 1 aliphatic carbocycles. The Bertz CT molecular complexity index is 915. The lowest BCUT2D eigenvalue weighted by Crippen LogP contribution is -2.46. The molecule has 3 N–H and O–H groups in total. The van der Waals surface area contributed by atoms with E-state index in [0.717, 1.165) is 68.7 Å². The van der Waals surface area contributed by atoms with Crippen LogP contribution >= 0.6 is 0 Å². The summed E-state index contributed by atoms with van der Waals surface area (Å²) in [7, 11) is 0. The van der Waals surface area contributed by atoms with Crippen molar-refractivity contribution in [1.29, 1.82) is 0 Å². The van der Waals surface area contributed by atoms with Crippen LogP contribution in [0, 0.1) is 6.92 Å². The average molecular weight is 414 g/mol. The number of nitrogens with one attached hydrogen (secondary N) is 1. The third-order valence-corrected chi connectivity index (χ3v) is 6.66. The van der Waals surface area contributed by atoms with Gasteiger partial charge in [-0.05, 0) is 83.2 Å². The standard InChI is InChI=1S/C22H29N3O2.CH2O2/c1-15(3-4-17-5-7-18(26)8-6-17)25-13-11-22(12-14-25)10-9-19-20(22)23-16(2)24-21(19)27;2-1-3/h5-8,15,26H,3-4,9-14H2,1-2H3,(H,23,24,27);1H,(H,2,3). The number of aromatic nitrogens is 2. The summed E-state index contributed by atoms with van der Waals surface area (Å²) in [5.74, 6) is 1.07. The third-order valence-electron chi connectivity index (χ3n) is 6.66. The Morgan fingerprint density at radius 2 is 1.87 bits per heavy atom. The van der Waals surface area contributed by atoms with Gasteiger partial charge in [-0.2, -0.15) is 0 Å². The number of phenols is 1. The van der Waals surface area contributed by atoms with Gasteiger partial charge in [0.25, 0.3) is 12.0 Å². The molecule has 7 nitrogen and oxygen atoms in total. The molecule has 0 bridgehead atoms. The number of nitrogens with zero attached hydrogens (tertiary/aromatic N) is 2. The number of rotatable bonds is 4. The lowest BCUT2D eigenvalue weighted by Gasteiger charge is -2.42. The van der Waals surface area contributed by atoms with Crippen LogP contribution in [-0.2, 0) is 23.1 Å². The molecule has 1 aromatic carbocycles. The van der Waals surface area contributed by atoms with Crippen molar-refractivity contribution in [2.24, 2.45) is 0 Å². The summed E-state index contributed by atoms with van der Waals surface area (Å²) in [5.41, 5.74) is 3.46. The smallest absolute Gasteiger partial charge is 0.290 e. The molecular formula is C23H31N3O4. The van der Waals surface area contributed by atoms with Gasteiger partial charge in [0, 0.05) is 17.0 Å². The summed E-state index contributed by atoms with van der Waals surface area (Å²) in [4.78, 5) is 30.8. The van der Waals surface area contributed by atoms with E-state index >= 15 is 0 Å². The molecule has 30 heavy (non-hydrogen) atoms. The number of carbonyl (C=O) groups is 1. The summed E-state index contributed by atoms with van der Waals surface area (Å²) in [6, 6.07) is 8.08. The highest BCUT2D eigenvalue weighted by Gasteiger charge is 2.44. The predicted octanol–water partition coefficient (Wildman–Crippen LogP) is 2.79. The van der Waals surface area contributed by atoms with Gasteiger partial charge in [-0.1, -0.05) is 12.1 Å². The average Bonchev–Trinajstić information content (AvgIpc) is 3.07. The summed E-state index contributed by atoms with van der Waals surface area (Å²) in [6.07, 6.45) is 6.28. The molecule has 7 heteroatoms. The molecule has 1 unspecified atom stereocenters. The number of hydrogen-bond acceptors (Lipinski definition) is 5.